The van der Waals surface area contributed by atoms with E-state index < -0.39 is 7.60 Å². The highest BCUT2D eigenvalue weighted by atomic mass is 35.5. The average Bonchev–Trinajstić information content (AvgIpc) is 2.79. The molecule has 0 amide bonds. The van der Waals surface area contributed by atoms with E-state index in [1.807, 2.05) is 70.3 Å². The summed E-state index contributed by atoms with van der Waals surface area (Å²) in [4.78, 5) is 19.1. The van der Waals surface area contributed by atoms with Gasteiger partial charge >= 0.3 is 7.60 Å². The minimum atomic E-state index is -4.32. The molecule has 2 aromatic carbocycles. The van der Waals surface area contributed by atoms with Crippen LogP contribution in [0.2, 0.25) is 0 Å². The number of pyridine rings is 2. The molecule has 0 radical (unpaired) electrons. The molecule has 0 spiro atoms. The normalized spacial score (nSPS) is 10.5. The van der Waals surface area contributed by atoms with Gasteiger partial charge in [0.2, 0.25) is 5.69 Å². The lowest BCUT2D eigenvalue weighted by Crippen LogP contribution is -3.00. The van der Waals surface area contributed by atoms with E-state index in [9.17, 15) is 14.4 Å². The molecule has 4 rings (SSSR count). The fraction of sp³-hybridized carbons (Fsp3) is 0.0417. The summed E-state index contributed by atoms with van der Waals surface area (Å²) in [6.45, 7) is 0.370. The summed E-state index contributed by atoms with van der Waals surface area (Å²) in [6.07, 6.45) is 7.73. The summed E-state index contributed by atoms with van der Waals surface area (Å²) in [5.41, 5.74) is 4.28. The number of rotatable bonds is 5. The number of nitriles is 1. The molecule has 0 aliphatic heterocycles. The van der Waals surface area contributed by atoms with Crippen molar-refractivity contribution in [3.05, 3.63) is 109 Å². The largest absolute Gasteiger partial charge is 1.00 e. The van der Waals surface area contributed by atoms with Gasteiger partial charge in [0, 0.05) is 42.0 Å². The summed E-state index contributed by atoms with van der Waals surface area (Å²) in [6, 6.07) is 24.1. The zero-order chi connectivity index (χ0) is 21.8. The Bertz CT molecular complexity index is 1300. The van der Waals surface area contributed by atoms with E-state index >= 15 is 0 Å². The number of benzene rings is 2. The molecule has 2 aromatic heterocycles. The van der Waals surface area contributed by atoms with Gasteiger partial charge in [0.15, 0.2) is 31.3 Å². The molecule has 9 heteroatoms. The molecule has 0 saturated heterocycles. The Morgan fingerprint density at radius 2 is 1.33 bits per heavy atom. The minimum absolute atomic E-state index is 0. The fourth-order valence-corrected chi connectivity index (χ4v) is 4.18. The van der Waals surface area contributed by atoms with Gasteiger partial charge in [0.1, 0.15) is 0 Å². The van der Waals surface area contributed by atoms with Crippen molar-refractivity contribution in [3.63, 3.8) is 0 Å². The van der Waals surface area contributed by atoms with Crippen LogP contribution in [0.5, 0.6) is 0 Å². The van der Waals surface area contributed by atoms with Crippen LogP contribution in [0.4, 0.5) is 0 Å². The molecule has 0 saturated carbocycles. The summed E-state index contributed by atoms with van der Waals surface area (Å²) in [5, 5.41) is 8.98. The standard InChI is InChI=1S/C24H18N3O3P.2ClH/c25-17-19-5-7-23(8-6-19)27-15-11-21(12-16-27)20-9-13-26(14-10-20)18-22-3-1-2-4-24(22)31(28,29)30;;/h1-16H,18H2;2*1H. The van der Waals surface area contributed by atoms with Crippen molar-refractivity contribution in [2.75, 3.05) is 0 Å². The topological polar surface area (TPSA) is 89.1 Å². The molecule has 2 N–H and O–H groups in total. The van der Waals surface area contributed by atoms with Crippen molar-refractivity contribution in [1.29, 1.82) is 5.26 Å². The van der Waals surface area contributed by atoms with Gasteiger partial charge < -0.3 is 34.6 Å². The van der Waals surface area contributed by atoms with E-state index in [0.717, 1.165) is 16.8 Å². The third-order valence-corrected chi connectivity index (χ3v) is 6.07. The Labute approximate surface area is 204 Å². The first-order valence-electron chi connectivity index (χ1n) is 9.59. The van der Waals surface area contributed by atoms with Gasteiger partial charge in [0.05, 0.1) is 16.9 Å². The summed E-state index contributed by atoms with van der Waals surface area (Å²) in [5.74, 6) is 0. The van der Waals surface area contributed by atoms with E-state index in [4.69, 9.17) is 5.26 Å². The highest BCUT2D eigenvalue weighted by Crippen LogP contribution is 2.34. The van der Waals surface area contributed by atoms with Crippen LogP contribution in [0.1, 0.15) is 11.1 Å². The SMILES string of the molecule is N#Cc1ccc(-[n+]2ccc(-c3cc[n+](Cc4ccccc4P(=O)(O)O)cc3)cc2)cc1.[Cl-].[Cl-]. The van der Waals surface area contributed by atoms with E-state index in [-0.39, 0.29) is 30.1 Å². The van der Waals surface area contributed by atoms with Gasteiger partial charge in [-0.2, -0.15) is 9.83 Å². The molecule has 0 aliphatic rings. The molecule has 4 aromatic rings. The Balaban J connectivity index is 0.00000193. The molecule has 2 heterocycles. The first-order valence-corrected chi connectivity index (χ1v) is 11.2. The van der Waals surface area contributed by atoms with Crippen LogP contribution < -0.4 is 39.3 Å². The van der Waals surface area contributed by atoms with Gasteiger partial charge in [-0.05, 0) is 29.3 Å². The van der Waals surface area contributed by atoms with Gasteiger partial charge in [-0.3, -0.25) is 4.57 Å². The zero-order valence-electron chi connectivity index (χ0n) is 17.3. The smallest absolute Gasteiger partial charge is 0.356 e. The monoisotopic (exact) mass is 499 g/mol. The third kappa shape index (κ3) is 6.27. The van der Waals surface area contributed by atoms with Crippen molar-refractivity contribution in [3.8, 4) is 22.9 Å². The minimum Gasteiger partial charge on any atom is -1.00 e. The maximum atomic E-state index is 11.7. The predicted octanol–water partition coefficient (Wildman–Crippen LogP) is -3.35. The maximum absolute atomic E-state index is 11.7. The summed E-state index contributed by atoms with van der Waals surface area (Å²) < 4.78 is 15.6. The van der Waals surface area contributed by atoms with Crippen LogP contribution >= 0.6 is 7.60 Å². The summed E-state index contributed by atoms with van der Waals surface area (Å²) in [7, 11) is -4.32. The number of hydrogen-bond donors (Lipinski definition) is 2. The lowest BCUT2D eigenvalue weighted by Gasteiger charge is -2.08. The van der Waals surface area contributed by atoms with Gasteiger partial charge in [-0.15, -0.1) is 0 Å². The Morgan fingerprint density at radius 3 is 1.88 bits per heavy atom. The number of hydrogen-bond acceptors (Lipinski definition) is 2. The quantitative estimate of drug-likeness (QED) is 0.222. The second-order valence-electron chi connectivity index (χ2n) is 7.08. The van der Waals surface area contributed by atoms with Gasteiger partial charge in [0.25, 0.3) is 0 Å². The van der Waals surface area contributed by atoms with Crippen molar-refractivity contribution in [1.82, 2.24) is 0 Å². The number of nitrogens with zero attached hydrogens (tertiary/aromatic N) is 3. The molecule has 0 atom stereocenters. The van der Waals surface area contributed by atoms with Crippen LogP contribution in [0.25, 0.3) is 16.8 Å². The van der Waals surface area contributed by atoms with E-state index in [2.05, 4.69) is 6.07 Å². The highest BCUT2D eigenvalue weighted by molar-refractivity contribution is 7.60. The molecular formula is C24H20Cl2N3O3P. The van der Waals surface area contributed by atoms with Crippen LogP contribution in [0, 0.1) is 11.3 Å². The van der Waals surface area contributed by atoms with Crippen molar-refractivity contribution < 1.29 is 48.3 Å². The van der Waals surface area contributed by atoms with Gasteiger partial charge in [-0.1, -0.05) is 18.2 Å². The van der Waals surface area contributed by atoms with Gasteiger partial charge in [-0.25, -0.2) is 4.57 Å². The summed E-state index contributed by atoms with van der Waals surface area (Å²) >= 11 is 0. The van der Waals surface area contributed by atoms with E-state index in [1.54, 1.807) is 30.3 Å². The second-order valence-corrected chi connectivity index (χ2v) is 8.65. The Hall–Kier alpha value is -3.04. The molecule has 0 bridgehead atoms. The van der Waals surface area contributed by atoms with Crippen molar-refractivity contribution in [2.45, 2.75) is 6.54 Å². The van der Waals surface area contributed by atoms with E-state index in [1.165, 1.54) is 6.07 Å². The molecule has 6 nitrogen and oxygen atoms in total. The van der Waals surface area contributed by atoms with Crippen LogP contribution in [-0.2, 0) is 11.1 Å². The Kier molecular flexibility index (Phi) is 8.90. The zero-order valence-corrected chi connectivity index (χ0v) is 19.7. The number of halogens is 2. The molecule has 168 valence electrons. The average molecular weight is 500 g/mol. The molecule has 0 aliphatic carbocycles. The first-order chi connectivity index (χ1) is 14.9. The van der Waals surface area contributed by atoms with E-state index in [0.29, 0.717) is 17.7 Å². The molecule has 0 fully saturated rings. The van der Waals surface area contributed by atoms with Crippen LogP contribution in [-0.4, -0.2) is 9.79 Å². The predicted molar refractivity (Wildman–Crippen MR) is 116 cm³/mol. The van der Waals surface area contributed by atoms with Crippen LogP contribution in [0.15, 0.2) is 97.6 Å². The first kappa shape index (κ1) is 26.2. The fourth-order valence-electron chi connectivity index (χ4n) is 3.38. The van der Waals surface area contributed by atoms with Crippen molar-refractivity contribution >= 4 is 12.9 Å². The highest BCUT2D eigenvalue weighted by Gasteiger charge is 2.22. The maximum Gasteiger partial charge on any atom is 0.356 e. The number of aromatic nitrogens is 2. The Morgan fingerprint density at radius 1 is 0.788 bits per heavy atom. The lowest BCUT2D eigenvalue weighted by molar-refractivity contribution is -0.688. The molecular weight excluding hydrogens is 480 g/mol. The lowest BCUT2D eigenvalue weighted by atomic mass is 10.1. The second kappa shape index (κ2) is 11.2. The molecule has 33 heavy (non-hydrogen) atoms. The third-order valence-electron chi connectivity index (χ3n) is 5.01. The molecule has 0 unspecified atom stereocenters. The van der Waals surface area contributed by atoms with Crippen molar-refractivity contribution in [2.24, 2.45) is 0 Å². The van der Waals surface area contributed by atoms with Crippen LogP contribution in [0.3, 0.4) is 0 Å².